The molecule has 5 N–H and O–H groups in total. The Balaban J connectivity index is 1.22. The average Bonchev–Trinajstić information content (AvgIpc) is 3.59. The summed E-state index contributed by atoms with van der Waals surface area (Å²) in [5.74, 6) is 0.653. The quantitative estimate of drug-likeness (QED) is 0.277. The molecule has 0 fully saturated rings. The van der Waals surface area contributed by atoms with Gasteiger partial charge in [0.1, 0.15) is 22.0 Å². The number of nitrogens with zero attached hydrogens (tertiary/aromatic N) is 4. The van der Waals surface area contributed by atoms with E-state index in [1.54, 1.807) is 31.1 Å². The number of aryl methyl sites for hydroxylation is 2. The van der Waals surface area contributed by atoms with Gasteiger partial charge in [0, 0.05) is 52.1 Å². The minimum Gasteiger partial charge on any atom is -0.332 e. The highest BCUT2D eigenvalue weighted by molar-refractivity contribution is 8.14. The maximum Gasteiger partial charge on any atom is 0.242 e. The molecular weight excluding hydrogens is 532 g/mol. The first-order valence-electron chi connectivity index (χ1n) is 12.9. The first-order chi connectivity index (χ1) is 18.7. The Bertz CT molecular complexity index is 1310. The predicted molar refractivity (Wildman–Crippen MR) is 158 cm³/mol. The molecule has 4 heterocycles. The van der Waals surface area contributed by atoms with Gasteiger partial charge in [0.05, 0.1) is 12.1 Å². The molecule has 0 bridgehead atoms. The molecule has 1 aliphatic heterocycles. The minimum atomic E-state index is -0.734. The lowest BCUT2D eigenvalue weighted by Gasteiger charge is -2.22. The monoisotopic (exact) mass is 566 g/mol. The lowest BCUT2D eigenvalue weighted by molar-refractivity contribution is -0.123. The van der Waals surface area contributed by atoms with Gasteiger partial charge in [-0.1, -0.05) is 6.92 Å². The zero-order valence-corrected chi connectivity index (χ0v) is 24.1. The zero-order valence-electron chi connectivity index (χ0n) is 22.5. The summed E-state index contributed by atoms with van der Waals surface area (Å²) in [7, 11) is 0. The molecule has 3 aromatic heterocycles. The molecule has 2 amide bonds. The number of thioether (sulfide) groups is 1. The van der Waals surface area contributed by atoms with Crippen molar-refractivity contribution in [3.63, 3.8) is 0 Å². The normalized spacial score (nSPS) is 17.3. The van der Waals surface area contributed by atoms with Gasteiger partial charge < -0.3 is 21.7 Å². The van der Waals surface area contributed by atoms with Crippen molar-refractivity contribution in [3.8, 4) is 10.6 Å². The van der Waals surface area contributed by atoms with Gasteiger partial charge in [-0.2, -0.15) is 0 Å². The van der Waals surface area contributed by atoms with Crippen molar-refractivity contribution < 1.29 is 9.59 Å². The van der Waals surface area contributed by atoms with Crippen LogP contribution in [-0.2, 0) is 16.0 Å². The van der Waals surface area contributed by atoms with E-state index in [1.165, 1.54) is 11.3 Å². The van der Waals surface area contributed by atoms with Gasteiger partial charge in [-0.15, -0.1) is 23.1 Å². The smallest absolute Gasteiger partial charge is 0.242 e. The number of aromatic nitrogens is 3. The molecule has 12 heteroatoms. The molecule has 0 aromatic carbocycles. The third-order valence-electron chi connectivity index (χ3n) is 6.18. The third kappa shape index (κ3) is 7.91. The number of hydrogen-bond acceptors (Lipinski definition) is 10. The number of pyridine rings is 2. The summed E-state index contributed by atoms with van der Waals surface area (Å²) in [6.07, 6.45) is 4.50. The van der Waals surface area contributed by atoms with Crippen molar-refractivity contribution in [1.29, 1.82) is 0 Å². The van der Waals surface area contributed by atoms with Gasteiger partial charge in [-0.25, -0.2) is 4.98 Å². The van der Waals surface area contributed by atoms with Crippen LogP contribution in [0.4, 0.5) is 5.82 Å². The van der Waals surface area contributed by atoms with E-state index in [0.29, 0.717) is 18.0 Å². The minimum absolute atomic E-state index is 0.170. The first kappa shape index (κ1) is 28.8. The Hall–Kier alpha value is -3.19. The van der Waals surface area contributed by atoms with Gasteiger partial charge in [-0.05, 0) is 57.9 Å². The van der Waals surface area contributed by atoms with Gasteiger partial charge >= 0.3 is 0 Å². The van der Waals surface area contributed by atoms with Crippen molar-refractivity contribution in [1.82, 2.24) is 25.6 Å². The number of nitrogens with two attached hydrogens (primary N) is 1. The van der Waals surface area contributed by atoms with E-state index in [4.69, 9.17) is 5.73 Å². The summed E-state index contributed by atoms with van der Waals surface area (Å²) >= 11 is 3.03. The number of nitrogens with one attached hydrogen (secondary N) is 3. The van der Waals surface area contributed by atoms with E-state index in [0.717, 1.165) is 39.0 Å². The number of carbonyl (C=O) groups excluding carboxylic acids is 2. The fourth-order valence-corrected chi connectivity index (χ4v) is 5.69. The fourth-order valence-electron chi connectivity index (χ4n) is 3.99. The van der Waals surface area contributed by atoms with Crippen molar-refractivity contribution in [2.75, 3.05) is 11.1 Å². The molecule has 0 saturated heterocycles. The molecule has 39 heavy (non-hydrogen) atoms. The molecular formula is C27H34N8O2S2. The third-order valence-corrected chi connectivity index (χ3v) is 8.17. The Labute approximate surface area is 236 Å². The van der Waals surface area contributed by atoms with Crippen LogP contribution in [0.1, 0.15) is 44.1 Å². The molecule has 0 aliphatic carbocycles. The number of carbonyl (C=O) groups is 2. The second kappa shape index (κ2) is 13.2. The van der Waals surface area contributed by atoms with E-state index < -0.39 is 12.1 Å². The molecule has 4 atom stereocenters. The summed E-state index contributed by atoms with van der Waals surface area (Å²) in [6, 6.07) is 6.47. The number of amides is 2. The van der Waals surface area contributed by atoms with Crippen LogP contribution in [0.5, 0.6) is 0 Å². The number of aliphatic imine (C=N–C) groups is 1. The van der Waals surface area contributed by atoms with Gasteiger partial charge in [-0.3, -0.25) is 24.5 Å². The molecule has 2 unspecified atom stereocenters. The van der Waals surface area contributed by atoms with E-state index in [2.05, 4.69) is 42.8 Å². The van der Waals surface area contributed by atoms with Crippen LogP contribution in [0.25, 0.3) is 10.6 Å². The molecule has 4 rings (SSSR count). The molecule has 3 aromatic rings. The lowest BCUT2D eigenvalue weighted by Crippen LogP contribution is -2.50. The Morgan fingerprint density at radius 1 is 1.10 bits per heavy atom. The first-order valence-corrected chi connectivity index (χ1v) is 14.8. The zero-order chi connectivity index (χ0) is 27.9. The largest absolute Gasteiger partial charge is 0.332 e. The van der Waals surface area contributed by atoms with Crippen LogP contribution in [0.3, 0.4) is 0 Å². The van der Waals surface area contributed by atoms with Crippen LogP contribution in [0.15, 0.2) is 47.0 Å². The highest BCUT2D eigenvalue weighted by Gasteiger charge is 2.25. The number of thiazole rings is 1. The average molecular weight is 567 g/mol. The number of hydrogen-bond donors (Lipinski definition) is 4. The van der Waals surface area contributed by atoms with E-state index >= 15 is 0 Å². The standard InChI is InChI=1S/C27H34N8O2S2/c1-5-20-9-8-19(12-30-20)27-34-22(13-38-27)32-24(36)17(4)31-16(3)10-21(28)25(37)33-23-14-39-26(35-23)18-7-6-15(2)29-11-18/h6-9,11-13,16-17,21,23,31H,5,10,14,28H2,1-4H3,(H,32,36)(H,33,37)/t16?,17-,21-,23?/m0/s1. The molecule has 0 spiro atoms. The topological polar surface area (TPSA) is 147 Å². The van der Waals surface area contributed by atoms with Crippen molar-refractivity contribution in [2.45, 2.75) is 64.8 Å². The summed E-state index contributed by atoms with van der Waals surface area (Å²) in [4.78, 5) is 43.3. The molecule has 1 aliphatic rings. The Morgan fingerprint density at radius 3 is 2.56 bits per heavy atom. The van der Waals surface area contributed by atoms with E-state index in [9.17, 15) is 9.59 Å². The fraction of sp³-hybridized carbons (Fsp3) is 0.407. The van der Waals surface area contributed by atoms with Crippen molar-refractivity contribution >= 4 is 45.8 Å². The van der Waals surface area contributed by atoms with Crippen LogP contribution in [0, 0.1) is 6.92 Å². The Morgan fingerprint density at radius 2 is 1.87 bits per heavy atom. The second-order valence-corrected chi connectivity index (χ2v) is 11.4. The summed E-state index contributed by atoms with van der Waals surface area (Å²) < 4.78 is 0. The van der Waals surface area contributed by atoms with E-state index in [-0.39, 0.29) is 24.0 Å². The summed E-state index contributed by atoms with van der Waals surface area (Å²) in [5, 5.41) is 12.4. The number of rotatable bonds is 11. The maximum atomic E-state index is 12.7. The molecule has 10 nitrogen and oxygen atoms in total. The van der Waals surface area contributed by atoms with Crippen molar-refractivity contribution in [2.24, 2.45) is 10.7 Å². The van der Waals surface area contributed by atoms with Crippen molar-refractivity contribution in [3.05, 3.63) is 59.0 Å². The molecule has 0 radical (unpaired) electrons. The summed E-state index contributed by atoms with van der Waals surface area (Å²) in [5.41, 5.74) is 9.99. The van der Waals surface area contributed by atoms with Crippen LogP contribution >= 0.6 is 23.1 Å². The highest BCUT2D eigenvalue weighted by atomic mass is 32.2. The van der Waals surface area contributed by atoms with E-state index in [1.807, 2.05) is 43.5 Å². The predicted octanol–water partition coefficient (Wildman–Crippen LogP) is 3.13. The second-order valence-electron chi connectivity index (χ2n) is 9.51. The van der Waals surface area contributed by atoms with Crippen LogP contribution in [0.2, 0.25) is 0 Å². The molecule has 0 saturated carbocycles. The highest BCUT2D eigenvalue weighted by Crippen LogP contribution is 2.26. The van der Waals surface area contributed by atoms with Gasteiger partial charge in [0.2, 0.25) is 11.8 Å². The lowest BCUT2D eigenvalue weighted by atomic mass is 10.1. The number of anilines is 1. The van der Waals surface area contributed by atoms with Gasteiger partial charge in [0.15, 0.2) is 0 Å². The summed E-state index contributed by atoms with van der Waals surface area (Å²) in [6.45, 7) is 7.66. The Kier molecular flexibility index (Phi) is 9.78. The van der Waals surface area contributed by atoms with Crippen LogP contribution in [-0.4, -0.2) is 61.9 Å². The SMILES string of the molecule is CCc1ccc(-c2nc(NC(=O)[C@H](C)NC(C)C[C@H](N)C(=O)NC3CSC(c4ccc(C)nc4)=N3)cs2)cn1. The molecule has 206 valence electrons. The maximum absolute atomic E-state index is 12.7. The van der Waals surface area contributed by atoms with Crippen LogP contribution < -0.4 is 21.7 Å². The van der Waals surface area contributed by atoms with Gasteiger partial charge in [0.25, 0.3) is 0 Å².